The molecule has 1 N–H and O–H groups in total. The largest absolute Gasteiger partial charge is 0.493 e. The summed E-state index contributed by atoms with van der Waals surface area (Å²) in [4.78, 5) is 0. The maximum absolute atomic E-state index is 5.54. The van der Waals surface area contributed by atoms with Crippen LogP contribution in [0.4, 0.5) is 0 Å². The summed E-state index contributed by atoms with van der Waals surface area (Å²) in [6.45, 7) is 3.11. The van der Waals surface area contributed by atoms with Crippen molar-refractivity contribution < 1.29 is 4.74 Å². The average molecular weight is 175 g/mol. The molecule has 0 saturated carbocycles. The molecule has 2 aliphatic heterocycles. The van der Waals surface area contributed by atoms with E-state index in [1.165, 1.54) is 11.1 Å². The summed E-state index contributed by atoms with van der Waals surface area (Å²) in [6.07, 6.45) is 1.08. The number of hydrogen-bond donors (Lipinski definition) is 1. The first-order valence-electron chi connectivity index (χ1n) is 4.90. The van der Waals surface area contributed by atoms with Gasteiger partial charge in [-0.2, -0.15) is 0 Å². The lowest BCUT2D eigenvalue weighted by Gasteiger charge is -2.27. The van der Waals surface area contributed by atoms with Crippen molar-refractivity contribution in [2.24, 2.45) is 0 Å². The van der Waals surface area contributed by atoms with Crippen LogP contribution in [0.15, 0.2) is 18.2 Å². The van der Waals surface area contributed by atoms with Gasteiger partial charge in [0, 0.05) is 25.4 Å². The maximum atomic E-state index is 5.54. The van der Waals surface area contributed by atoms with E-state index in [9.17, 15) is 0 Å². The summed E-state index contributed by atoms with van der Waals surface area (Å²) in [5.41, 5.74) is 2.80. The van der Waals surface area contributed by atoms with Crippen molar-refractivity contribution in [1.29, 1.82) is 0 Å². The molecule has 0 unspecified atom stereocenters. The van der Waals surface area contributed by atoms with Crippen LogP contribution < -0.4 is 10.1 Å². The highest BCUT2D eigenvalue weighted by Crippen LogP contribution is 2.30. The van der Waals surface area contributed by atoms with E-state index in [-0.39, 0.29) is 0 Å². The van der Waals surface area contributed by atoms with Crippen LogP contribution in [0.3, 0.4) is 0 Å². The molecule has 68 valence electrons. The molecular formula is C11H13NO. The Bertz CT molecular complexity index is 331. The number of hydrogen-bond acceptors (Lipinski definition) is 2. The molecule has 0 spiro atoms. The fourth-order valence-corrected chi connectivity index (χ4v) is 1.96. The van der Waals surface area contributed by atoms with Crippen LogP contribution in [0, 0.1) is 0 Å². The Morgan fingerprint density at radius 2 is 2.23 bits per heavy atom. The first-order chi connectivity index (χ1) is 6.43. The van der Waals surface area contributed by atoms with Gasteiger partial charge in [0.05, 0.1) is 6.61 Å². The lowest BCUT2D eigenvalue weighted by atomic mass is 9.93. The van der Waals surface area contributed by atoms with Crippen LogP contribution >= 0.6 is 0 Å². The standard InChI is InChI=1S/C11H13NO/c1-2-9(10-6-12-7-10)5-11-8(1)3-4-13-11/h1-2,5,10,12H,3-4,6-7H2. The third-order valence-corrected chi connectivity index (χ3v) is 2.97. The second kappa shape index (κ2) is 2.74. The van der Waals surface area contributed by atoms with Crippen molar-refractivity contribution in [2.45, 2.75) is 12.3 Å². The summed E-state index contributed by atoms with van der Waals surface area (Å²) < 4.78 is 5.54. The number of fused-ring (bicyclic) bond motifs is 1. The predicted octanol–water partition coefficient (Wildman–Crippen LogP) is 1.31. The van der Waals surface area contributed by atoms with Crippen LogP contribution in [0.5, 0.6) is 5.75 Å². The zero-order chi connectivity index (χ0) is 8.67. The molecule has 13 heavy (non-hydrogen) atoms. The minimum absolute atomic E-state index is 0.717. The van der Waals surface area contributed by atoms with E-state index >= 15 is 0 Å². The Labute approximate surface area is 77.9 Å². The topological polar surface area (TPSA) is 21.3 Å². The zero-order valence-electron chi connectivity index (χ0n) is 7.55. The second-order valence-electron chi connectivity index (χ2n) is 3.82. The van der Waals surface area contributed by atoms with Gasteiger partial charge >= 0.3 is 0 Å². The van der Waals surface area contributed by atoms with Crippen LogP contribution in [-0.4, -0.2) is 19.7 Å². The van der Waals surface area contributed by atoms with Crippen LogP contribution in [0.2, 0.25) is 0 Å². The molecule has 3 rings (SSSR count). The minimum atomic E-state index is 0.717. The van der Waals surface area contributed by atoms with Gasteiger partial charge in [0.2, 0.25) is 0 Å². The predicted molar refractivity (Wildman–Crippen MR) is 51.3 cm³/mol. The summed E-state index contributed by atoms with van der Waals surface area (Å²) >= 11 is 0. The molecule has 0 aromatic heterocycles. The van der Waals surface area contributed by atoms with E-state index < -0.39 is 0 Å². The molecule has 2 aliphatic rings. The molecule has 2 heterocycles. The molecule has 2 heteroatoms. The average Bonchev–Trinajstić information content (AvgIpc) is 2.47. The molecule has 0 radical (unpaired) electrons. The lowest BCUT2D eigenvalue weighted by Crippen LogP contribution is -2.39. The number of rotatable bonds is 1. The van der Waals surface area contributed by atoms with Crippen LogP contribution in [-0.2, 0) is 6.42 Å². The van der Waals surface area contributed by atoms with Gasteiger partial charge in [-0.05, 0) is 17.2 Å². The Morgan fingerprint density at radius 3 is 3.00 bits per heavy atom. The molecule has 1 aromatic rings. The highest BCUT2D eigenvalue weighted by atomic mass is 16.5. The van der Waals surface area contributed by atoms with Crippen LogP contribution in [0.25, 0.3) is 0 Å². The molecule has 0 atom stereocenters. The van der Waals surface area contributed by atoms with Gasteiger partial charge in [-0.3, -0.25) is 0 Å². The van der Waals surface area contributed by atoms with E-state index in [0.717, 1.165) is 37.8 Å². The van der Waals surface area contributed by atoms with Crippen molar-refractivity contribution in [1.82, 2.24) is 5.32 Å². The molecule has 2 nitrogen and oxygen atoms in total. The number of benzene rings is 1. The third-order valence-electron chi connectivity index (χ3n) is 2.97. The fraction of sp³-hybridized carbons (Fsp3) is 0.455. The van der Waals surface area contributed by atoms with Gasteiger partial charge < -0.3 is 10.1 Å². The molecule has 0 aliphatic carbocycles. The van der Waals surface area contributed by atoms with Crippen molar-refractivity contribution >= 4 is 0 Å². The summed E-state index contributed by atoms with van der Waals surface area (Å²) in [6, 6.07) is 6.68. The van der Waals surface area contributed by atoms with Gasteiger partial charge in [0.25, 0.3) is 0 Å². The van der Waals surface area contributed by atoms with Gasteiger partial charge in [0.15, 0.2) is 0 Å². The molecule has 1 aromatic carbocycles. The van der Waals surface area contributed by atoms with Gasteiger partial charge in [-0.1, -0.05) is 12.1 Å². The monoisotopic (exact) mass is 175 g/mol. The van der Waals surface area contributed by atoms with Crippen molar-refractivity contribution in [3.63, 3.8) is 0 Å². The maximum Gasteiger partial charge on any atom is 0.122 e. The smallest absolute Gasteiger partial charge is 0.122 e. The van der Waals surface area contributed by atoms with Gasteiger partial charge in [-0.25, -0.2) is 0 Å². The molecule has 0 bridgehead atoms. The summed E-state index contributed by atoms with van der Waals surface area (Å²) in [5, 5.41) is 3.29. The Hall–Kier alpha value is -1.02. The van der Waals surface area contributed by atoms with Gasteiger partial charge in [-0.15, -0.1) is 0 Å². The normalized spacial score (nSPS) is 20.6. The van der Waals surface area contributed by atoms with Crippen molar-refractivity contribution in [3.8, 4) is 5.75 Å². The highest BCUT2D eigenvalue weighted by Gasteiger charge is 2.21. The van der Waals surface area contributed by atoms with E-state index in [4.69, 9.17) is 4.74 Å². The highest BCUT2D eigenvalue weighted by molar-refractivity contribution is 5.41. The quantitative estimate of drug-likeness (QED) is 0.694. The third kappa shape index (κ3) is 1.13. The molecule has 1 saturated heterocycles. The van der Waals surface area contributed by atoms with E-state index in [0.29, 0.717) is 0 Å². The summed E-state index contributed by atoms with van der Waals surface area (Å²) in [5.74, 6) is 1.83. The molecule has 0 amide bonds. The number of ether oxygens (including phenoxy) is 1. The lowest BCUT2D eigenvalue weighted by molar-refractivity contribution is 0.355. The Morgan fingerprint density at radius 1 is 1.31 bits per heavy atom. The second-order valence-corrected chi connectivity index (χ2v) is 3.82. The zero-order valence-corrected chi connectivity index (χ0v) is 7.55. The van der Waals surface area contributed by atoms with E-state index in [1.807, 2.05) is 0 Å². The van der Waals surface area contributed by atoms with E-state index in [1.54, 1.807) is 0 Å². The molecular weight excluding hydrogens is 162 g/mol. The number of nitrogens with one attached hydrogen (secondary N) is 1. The fourth-order valence-electron chi connectivity index (χ4n) is 1.96. The first kappa shape index (κ1) is 7.39. The minimum Gasteiger partial charge on any atom is -0.493 e. The van der Waals surface area contributed by atoms with Crippen molar-refractivity contribution in [2.75, 3.05) is 19.7 Å². The first-order valence-corrected chi connectivity index (χ1v) is 4.90. The summed E-state index contributed by atoms with van der Waals surface area (Å²) in [7, 11) is 0. The Kier molecular flexibility index (Phi) is 1.56. The van der Waals surface area contributed by atoms with Crippen LogP contribution in [0.1, 0.15) is 17.0 Å². The Balaban J connectivity index is 1.95. The van der Waals surface area contributed by atoms with Gasteiger partial charge in [0.1, 0.15) is 5.75 Å². The van der Waals surface area contributed by atoms with Crippen molar-refractivity contribution in [3.05, 3.63) is 29.3 Å². The SMILES string of the molecule is c1cc2c(cc1C1CNC1)OCC2. The molecule has 1 fully saturated rings. The van der Waals surface area contributed by atoms with E-state index in [2.05, 4.69) is 23.5 Å².